The molecular formula is C23H29N3O3S. The number of thiophene rings is 1. The Morgan fingerprint density at radius 2 is 2.00 bits per heavy atom. The highest BCUT2D eigenvalue weighted by molar-refractivity contribution is 7.16. The van der Waals surface area contributed by atoms with E-state index >= 15 is 0 Å². The average molecular weight is 428 g/mol. The normalized spacial score (nSPS) is 27.0. The van der Waals surface area contributed by atoms with Crippen LogP contribution in [0.2, 0.25) is 0 Å². The van der Waals surface area contributed by atoms with Gasteiger partial charge in [0.05, 0.1) is 11.0 Å². The molecule has 1 aromatic heterocycles. The van der Waals surface area contributed by atoms with Crippen molar-refractivity contribution in [2.24, 2.45) is 16.7 Å². The van der Waals surface area contributed by atoms with Crippen molar-refractivity contribution >= 4 is 34.1 Å². The number of nitrogens with zero attached hydrogens (tertiary/aromatic N) is 2. The van der Waals surface area contributed by atoms with Gasteiger partial charge in [-0.15, -0.1) is 11.3 Å². The fraction of sp³-hybridized carbons (Fsp3) is 0.652. The maximum atomic E-state index is 13.1. The lowest BCUT2D eigenvalue weighted by Gasteiger charge is -2.47. The van der Waals surface area contributed by atoms with E-state index < -0.39 is 5.41 Å². The second-order valence-corrected chi connectivity index (χ2v) is 10.7. The zero-order valence-electron chi connectivity index (χ0n) is 18.0. The van der Waals surface area contributed by atoms with Crippen LogP contribution in [0.4, 0.5) is 5.00 Å². The minimum atomic E-state index is -0.508. The van der Waals surface area contributed by atoms with E-state index in [9.17, 15) is 19.6 Å². The summed E-state index contributed by atoms with van der Waals surface area (Å²) < 4.78 is 0. The number of aryl methyl sites for hydroxylation is 1. The van der Waals surface area contributed by atoms with Gasteiger partial charge in [0, 0.05) is 23.8 Å². The molecule has 3 amide bonds. The number of nitrogens with one attached hydrogen (secondary N) is 1. The molecule has 2 unspecified atom stereocenters. The van der Waals surface area contributed by atoms with Gasteiger partial charge in [-0.05, 0) is 55.9 Å². The van der Waals surface area contributed by atoms with Crippen molar-refractivity contribution in [2.75, 3.05) is 11.9 Å². The molecule has 1 N–H and O–H groups in total. The molecule has 2 atom stereocenters. The molecular weight excluding hydrogens is 398 g/mol. The van der Waals surface area contributed by atoms with Gasteiger partial charge in [-0.3, -0.25) is 19.3 Å². The first kappa shape index (κ1) is 21.0. The highest BCUT2D eigenvalue weighted by Crippen LogP contribution is 2.60. The van der Waals surface area contributed by atoms with Gasteiger partial charge in [0.1, 0.15) is 11.1 Å². The third kappa shape index (κ3) is 3.08. The summed E-state index contributed by atoms with van der Waals surface area (Å²) in [4.78, 5) is 41.1. The summed E-state index contributed by atoms with van der Waals surface area (Å²) in [6, 6.07) is 2.26. The van der Waals surface area contributed by atoms with Crippen molar-refractivity contribution in [3.05, 3.63) is 16.0 Å². The second-order valence-electron chi connectivity index (χ2n) is 9.62. The maximum Gasteiger partial charge on any atom is 0.235 e. The van der Waals surface area contributed by atoms with E-state index in [2.05, 4.69) is 11.4 Å². The molecule has 6 nitrogen and oxygen atoms in total. The first-order valence-electron chi connectivity index (χ1n) is 10.9. The summed E-state index contributed by atoms with van der Waals surface area (Å²) in [6.07, 6.45) is 6.23. The van der Waals surface area contributed by atoms with Crippen LogP contribution in [0.5, 0.6) is 0 Å². The van der Waals surface area contributed by atoms with E-state index in [0.717, 1.165) is 44.1 Å². The standard InChI is InChI=1S/C23H29N3O3S/c1-22(2)16-10-11-23(22,3)21(29)26(20(16)28)12-6-9-18(27)25-19-15(13-24)14-7-4-5-8-17(14)30-19/h16H,4-12H2,1-3H3,(H,25,27). The highest BCUT2D eigenvalue weighted by atomic mass is 32.1. The predicted octanol–water partition coefficient (Wildman–Crippen LogP) is 4.03. The van der Waals surface area contributed by atoms with Crippen molar-refractivity contribution in [1.82, 2.24) is 4.90 Å². The Bertz CT molecular complexity index is 958. The van der Waals surface area contributed by atoms with Crippen molar-refractivity contribution in [3.8, 4) is 6.07 Å². The van der Waals surface area contributed by atoms with Crippen LogP contribution in [0.3, 0.4) is 0 Å². The van der Waals surface area contributed by atoms with Crippen LogP contribution in [0.15, 0.2) is 0 Å². The third-order valence-corrected chi connectivity index (χ3v) is 9.04. The molecule has 1 saturated carbocycles. The van der Waals surface area contributed by atoms with Gasteiger partial charge in [-0.1, -0.05) is 20.8 Å². The first-order chi connectivity index (χ1) is 14.2. The van der Waals surface area contributed by atoms with E-state index in [0.29, 0.717) is 17.0 Å². The van der Waals surface area contributed by atoms with Crippen molar-refractivity contribution in [1.29, 1.82) is 5.26 Å². The number of amides is 3. The Morgan fingerprint density at radius 1 is 1.27 bits per heavy atom. The van der Waals surface area contributed by atoms with Crippen LogP contribution in [0.25, 0.3) is 0 Å². The van der Waals surface area contributed by atoms with E-state index in [1.807, 2.05) is 20.8 Å². The van der Waals surface area contributed by atoms with E-state index in [4.69, 9.17) is 0 Å². The van der Waals surface area contributed by atoms with Crippen molar-refractivity contribution < 1.29 is 14.4 Å². The van der Waals surface area contributed by atoms with Gasteiger partial charge >= 0.3 is 0 Å². The van der Waals surface area contributed by atoms with Crippen molar-refractivity contribution in [3.63, 3.8) is 0 Å². The molecule has 0 radical (unpaired) electrons. The number of hydrogen-bond donors (Lipinski definition) is 1. The fourth-order valence-corrected chi connectivity index (χ4v) is 6.73. The average Bonchev–Trinajstić information content (AvgIpc) is 3.14. The number of piperidine rings is 1. The SMILES string of the molecule is CC12CCC(C(=O)N(CCCC(=O)Nc3sc4c(c3C#N)CCCC4)C1=O)C2(C)C. The second kappa shape index (κ2) is 7.49. The van der Waals surface area contributed by atoms with E-state index in [1.165, 1.54) is 21.1 Å². The number of imide groups is 1. The largest absolute Gasteiger partial charge is 0.317 e. The Hall–Kier alpha value is -2.20. The molecule has 1 aromatic rings. The lowest BCUT2D eigenvalue weighted by molar-refractivity contribution is -0.168. The van der Waals surface area contributed by atoms with Crippen LogP contribution < -0.4 is 5.32 Å². The van der Waals surface area contributed by atoms with Gasteiger partial charge in [0.2, 0.25) is 17.7 Å². The number of anilines is 1. The predicted molar refractivity (Wildman–Crippen MR) is 115 cm³/mol. The van der Waals surface area contributed by atoms with Gasteiger partial charge in [-0.25, -0.2) is 0 Å². The zero-order valence-corrected chi connectivity index (χ0v) is 18.8. The Morgan fingerprint density at radius 3 is 2.73 bits per heavy atom. The number of carbonyl (C=O) groups is 3. The Kier molecular flexibility index (Phi) is 5.26. The maximum absolute atomic E-state index is 13.1. The molecule has 7 heteroatoms. The number of nitriles is 1. The number of carbonyl (C=O) groups excluding carboxylic acids is 3. The summed E-state index contributed by atoms with van der Waals surface area (Å²) >= 11 is 1.51. The van der Waals surface area contributed by atoms with Crippen LogP contribution in [-0.2, 0) is 27.2 Å². The summed E-state index contributed by atoms with van der Waals surface area (Å²) in [5, 5.41) is 13.1. The monoisotopic (exact) mass is 427 g/mol. The van der Waals surface area contributed by atoms with Gasteiger partial charge in [-0.2, -0.15) is 5.26 Å². The Balaban J connectivity index is 1.37. The zero-order chi connectivity index (χ0) is 21.7. The van der Waals surface area contributed by atoms with E-state index in [1.54, 1.807) is 0 Å². The summed E-state index contributed by atoms with van der Waals surface area (Å²) in [5.41, 5.74) is 0.878. The summed E-state index contributed by atoms with van der Waals surface area (Å²) in [7, 11) is 0. The highest BCUT2D eigenvalue weighted by Gasteiger charge is 2.64. The minimum Gasteiger partial charge on any atom is -0.317 e. The molecule has 0 aromatic carbocycles. The molecule has 0 spiro atoms. The van der Waals surface area contributed by atoms with Gasteiger partial charge in [0.25, 0.3) is 0 Å². The summed E-state index contributed by atoms with van der Waals surface area (Å²) in [5.74, 6) is -0.469. The molecule has 4 rings (SSSR count). The molecule has 2 bridgehead atoms. The van der Waals surface area contributed by atoms with Crippen molar-refractivity contribution in [2.45, 2.75) is 72.1 Å². The van der Waals surface area contributed by atoms with Crippen LogP contribution >= 0.6 is 11.3 Å². The smallest absolute Gasteiger partial charge is 0.235 e. The number of hydrogen-bond acceptors (Lipinski definition) is 5. The first-order valence-corrected chi connectivity index (χ1v) is 11.7. The molecule has 160 valence electrons. The van der Waals surface area contributed by atoms with Gasteiger partial charge < -0.3 is 5.32 Å². The molecule has 2 aliphatic carbocycles. The van der Waals surface area contributed by atoms with Crippen LogP contribution in [0.1, 0.15) is 75.3 Å². The molecule has 1 aliphatic heterocycles. The fourth-order valence-electron chi connectivity index (χ4n) is 5.47. The summed E-state index contributed by atoms with van der Waals surface area (Å²) in [6.45, 7) is 6.31. The number of fused-ring (bicyclic) bond motifs is 3. The quantitative estimate of drug-likeness (QED) is 0.719. The lowest BCUT2D eigenvalue weighted by Crippen LogP contribution is -2.59. The lowest BCUT2D eigenvalue weighted by atomic mass is 9.62. The van der Waals surface area contributed by atoms with E-state index in [-0.39, 0.29) is 42.0 Å². The number of likely N-dealkylation sites (tertiary alicyclic amines) is 1. The third-order valence-electron chi connectivity index (χ3n) is 7.83. The molecule has 1 saturated heterocycles. The molecule has 2 fully saturated rings. The number of rotatable bonds is 5. The Labute approximate surface area is 181 Å². The molecule has 2 heterocycles. The van der Waals surface area contributed by atoms with Gasteiger partial charge in [0.15, 0.2) is 0 Å². The van der Waals surface area contributed by atoms with Crippen LogP contribution in [-0.4, -0.2) is 29.2 Å². The minimum absolute atomic E-state index is 0.0851. The van der Waals surface area contributed by atoms with Crippen LogP contribution in [0, 0.1) is 28.1 Å². The molecule has 30 heavy (non-hydrogen) atoms. The molecule has 3 aliphatic rings. The topological polar surface area (TPSA) is 90.3 Å².